The van der Waals surface area contributed by atoms with Gasteiger partial charge in [0, 0.05) is 21.8 Å². The Morgan fingerprint density at radius 3 is 2.45 bits per heavy atom. The second-order valence-corrected chi connectivity index (χ2v) is 5.50. The number of anilines is 1. The van der Waals surface area contributed by atoms with Gasteiger partial charge >= 0.3 is 6.03 Å². The average Bonchev–Trinajstić information content (AvgIpc) is 2.51. The Labute approximate surface area is 137 Å². The highest BCUT2D eigenvalue weighted by Gasteiger charge is 1.99. The minimum atomic E-state index is -0.342. The predicted molar refractivity (Wildman–Crippen MR) is 90.6 cm³/mol. The summed E-state index contributed by atoms with van der Waals surface area (Å²) < 4.78 is 0. The van der Waals surface area contributed by atoms with Crippen molar-refractivity contribution in [2.45, 2.75) is 4.90 Å². The Morgan fingerprint density at radius 1 is 1.14 bits per heavy atom. The average molecular weight is 330 g/mol. The standard InChI is InChI=1S/C16H12ClN3OS/c17-13-3-1-12(2-4-13)9-10-19-16(21)20-14-5-7-15(8-6-14)22-11-18/h1-10H,(H2,19,20,21)/b10-9+. The molecule has 4 nitrogen and oxygen atoms in total. The topological polar surface area (TPSA) is 64.9 Å². The normalized spacial score (nSPS) is 10.2. The first-order chi connectivity index (χ1) is 10.7. The number of carbonyl (C=O) groups excluding carboxylic acids is 1. The Bertz CT molecular complexity index is 706. The number of hydrogen-bond acceptors (Lipinski definition) is 3. The highest BCUT2D eigenvalue weighted by molar-refractivity contribution is 8.03. The van der Waals surface area contributed by atoms with Crippen LogP contribution in [0.25, 0.3) is 6.08 Å². The van der Waals surface area contributed by atoms with Crippen LogP contribution in [0.1, 0.15) is 5.56 Å². The van der Waals surface area contributed by atoms with Crippen LogP contribution in [0.2, 0.25) is 5.02 Å². The van der Waals surface area contributed by atoms with Gasteiger partial charge in [-0.3, -0.25) is 0 Å². The molecule has 0 saturated carbocycles. The van der Waals surface area contributed by atoms with Gasteiger partial charge in [0.25, 0.3) is 0 Å². The van der Waals surface area contributed by atoms with Crippen molar-refractivity contribution in [1.29, 1.82) is 5.26 Å². The maximum absolute atomic E-state index is 11.7. The van der Waals surface area contributed by atoms with Crippen molar-refractivity contribution in [2.75, 3.05) is 5.32 Å². The maximum Gasteiger partial charge on any atom is 0.323 e. The van der Waals surface area contributed by atoms with E-state index in [1.807, 2.05) is 17.5 Å². The van der Waals surface area contributed by atoms with Gasteiger partial charge in [0.2, 0.25) is 0 Å². The van der Waals surface area contributed by atoms with E-state index in [9.17, 15) is 4.79 Å². The van der Waals surface area contributed by atoms with Gasteiger partial charge in [0.05, 0.1) is 0 Å². The van der Waals surface area contributed by atoms with Gasteiger partial charge in [-0.1, -0.05) is 23.7 Å². The fourth-order valence-corrected chi connectivity index (χ4v) is 2.12. The van der Waals surface area contributed by atoms with E-state index in [4.69, 9.17) is 16.9 Å². The van der Waals surface area contributed by atoms with Crippen molar-refractivity contribution in [2.24, 2.45) is 0 Å². The number of rotatable bonds is 4. The van der Waals surface area contributed by atoms with Gasteiger partial charge in [-0.25, -0.2) is 4.79 Å². The van der Waals surface area contributed by atoms with Gasteiger partial charge in [-0.05, 0) is 59.8 Å². The summed E-state index contributed by atoms with van der Waals surface area (Å²) in [7, 11) is 0. The molecule has 0 unspecified atom stereocenters. The molecule has 6 heteroatoms. The summed E-state index contributed by atoms with van der Waals surface area (Å²) in [6.07, 6.45) is 3.32. The number of hydrogen-bond donors (Lipinski definition) is 2. The molecule has 0 spiro atoms. The number of amides is 2. The highest BCUT2D eigenvalue weighted by Crippen LogP contribution is 2.18. The lowest BCUT2D eigenvalue weighted by atomic mass is 10.2. The van der Waals surface area contributed by atoms with Gasteiger partial charge in [-0.15, -0.1) is 0 Å². The Morgan fingerprint density at radius 2 is 1.82 bits per heavy atom. The number of nitrogens with one attached hydrogen (secondary N) is 2. The highest BCUT2D eigenvalue weighted by atomic mass is 35.5. The SMILES string of the molecule is N#CSc1ccc(NC(=O)N/C=C/c2ccc(Cl)cc2)cc1. The summed E-state index contributed by atoms with van der Waals surface area (Å²) in [5, 5.41) is 16.5. The summed E-state index contributed by atoms with van der Waals surface area (Å²) in [6, 6.07) is 13.9. The van der Waals surface area contributed by atoms with E-state index in [-0.39, 0.29) is 6.03 Å². The van der Waals surface area contributed by atoms with Crippen LogP contribution < -0.4 is 10.6 Å². The molecule has 0 radical (unpaired) electrons. The fraction of sp³-hybridized carbons (Fsp3) is 0. The minimum Gasteiger partial charge on any atom is -0.314 e. The Balaban J connectivity index is 1.85. The van der Waals surface area contributed by atoms with Crippen LogP contribution in [0, 0.1) is 10.7 Å². The Hall–Kier alpha value is -2.42. The molecule has 0 saturated heterocycles. The largest absolute Gasteiger partial charge is 0.323 e. The Kier molecular flexibility index (Phi) is 5.90. The van der Waals surface area contributed by atoms with E-state index in [0.29, 0.717) is 10.7 Å². The van der Waals surface area contributed by atoms with Crippen LogP contribution >= 0.6 is 23.4 Å². The van der Waals surface area contributed by atoms with Crippen LogP contribution in [-0.4, -0.2) is 6.03 Å². The molecule has 2 aromatic carbocycles. The first-order valence-electron chi connectivity index (χ1n) is 6.33. The summed E-state index contributed by atoms with van der Waals surface area (Å²) in [4.78, 5) is 12.5. The van der Waals surface area contributed by atoms with Crippen LogP contribution in [0.4, 0.5) is 10.5 Å². The number of urea groups is 1. The van der Waals surface area contributed by atoms with E-state index >= 15 is 0 Å². The van der Waals surface area contributed by atoms with Crippen LogP contribution in [-0.2, 0) is 0 Å². The molecule has 0 heterocycles. The third-order valence-electron chi connectivity index (χ3n) is 2.64. The van der Waals surface area contributed by atoms with E-state index in [0.717, 1.165) is 22.2 Å². The number of thioether (sulfide) groups is 1. The molecule has 110 valence electrons. The van der Waals surface area contributed by atoms with Crippen molar-refractivity contribution < 1.29 is 4.79 Å². The first-order valence-corrected chi connectivity index (χ1v) is 7.52. The quantitative estimate of drug-likeness (QED) is 0.631. The molecule has 0 aliphatic rings. The van der Waals surface area contributed by atoms with Gasteiger partial charge in [-0.2, -0.15) is 5.26 Å². The number of halogens is 1. The summed E-state index contributed by atoms with van der Waals surface area (Å²) in [5.74, 6) is 0. The van der Waals surface area contributed by atoms with Crippen LogP contribution in [0.5, 0.6) is 0 Å². The second-order valence-electron chi connectivity index (χ2n) is 4.20. The molecule has 2 amide bonds. The predicted octanol–water partition coefficient (Wildman–Crippen LogP) is 4.71. The second kappa shape index (κ2) is 8.13. The zero-order chi connectivity index (χ0) is 15.8. The van der Waals surface area contributed by atoms with Gasteiger partial charge in [0.15, 0.2) is 0 Å². The first kappa shape index (κ1) is 16.0. The smallest absolute Gasteiger partial charge is 0.314 e. The molecule has 0 aromatic heterocycles. The van der Waals surface area contributed by atoms with Crippen molar-refractivity contribution >= 4 is 41.2 Å². The molecule has 0 aliphatic heterocycles. The van der Waals surface area contributed by atoms with E-state index in [1.165, 1.54) is 0 Å². The van der Waals surface area contributed by atoms with Crippen molar-refractivity contribution in [1.82, 2.24) is 5.32 Å². The van der Waals surface area contributed by atoms with Crippen molar-refractivity contribution in [3.8, 4) is 5.40 Å². The molecule has 2 N–H and O–H groups in total. The molecule has 22 heavy (non-hydrogen) atoms. The summed E-state index contributed by atoms with van der Waals surface area (Å²) in [5.41, 5.74) is 1.59. The number of thiocyanates is 1. The molecule has 0 fully saturated rings. The molecule has 2 rings (SSSR count). The molecule has 0 bridgehead atoms. The van der Waals surface area contributed by atoms with Gasteiger partial charge in [0.1, 0.15) is 5.40 Å². The molecular weight excluding hydrogens is 318 g/mol. The summed E-state index contributed by atoms with van der Waals surface area (Å²) >= 11 is 6.87. The lowest BCUT2D eigenvalue weighted by molar-refractivity contribution is 0.255. The number of nitrogens with zero attached hydrogens (tertiary/aromatic N) is 1. The monoisotopic (exact) mass is 329 g/mol. The van der Waals surface area contributed by atoms with E-state index in [1.54, 1.807) is 48.7 Å². The van der Waals surface area contributed by atoms with Gasteiger partial charge < -0.3 is 10.6 Å². The molecule has 0 aliphatic carbocycles. The fourth-order valence-electron chi connectivity index (χ4n) is 1.61. The number of benzene rings is 2. The molecule has 0 atom stereocenters. The summed E-state index contributed by atoms with van der Waals surface area (Å²) in [6.45, 7) is 0. The van der Waals surface area contributed by atoms with E-state index < -0.39 is 0 Å². The van der Waals surface area contributed by atoms with E-state index in [2.05, 4.69) is 10.6 Å². The zero-order valence-corrected chi connectivity index (χ0v) is 13.0. The van der Waals surface area contributed by atoms with Crippen molar-refractivity contribution in [3.05, 3.63) is 65.3 Å². The van der Waals surface area contributed by atoms with Crippen molar-refractivity contribution in [3.63, 3.8) is 0 Å². The third-order valence-corrected chi connectivity index (χ3v) is 3.49. The molecule has 2 aromatic rings. The number of carbonyl (C=O) groups is 1. The number of nitriles is 1. The van der Waals surface area contributed by atoms with Crippen LogP contribution in [0.3, 0.4) is 0 Å². The lowest BCUT2D eigenvalue weighted by Crippen LogP contribution is -2.23. The third kappa shape index (κ3) is 5.17. The zero-order valence-electron chi connectivity index (χ0n) is 11.4. The lowest BCUT2D eigenvalue weighted by Gasteiger charge is -2.04. The van der Waals surface area contributed by atoms with Crippen LogP contribution in [0.15, 0.2) is 59.6 Å². The maximum atomic E-state index is 11.7. The molecular formula is C16H12ClN3OS. The minimum absolute atomic E-state index is 0.342.